The van der Waals surface area contributed by atoms with Gasteiger partial charge in [0.2, 0.25) is 5.56 Å². The third-order valence-corrected chi connectivity index (χ3v) is 9.87. The first kappa shape index (κ1) is 34.7. The minimum absolute atomic E-state index is 0.105. The molecule has 0 aliphatic carbocycles. The number of carbonyl (C=O) groups excluding carboxylic acids is 1. The highest BCUT2D eigenvalue weighted by Crippen LogP contribution is 2.37. The fraction of sp³-hybridized carbons (Fsp3) is 0.444. The van der Waals surface area contributed by atoms with Crippen LogP contribution in [0, 0.1) is 5.82 Å². The number of amides is 1. The summed E-state index contributed by atoms with van der Waals surface area (Å²) in [5.74, 6) is -1.52. The summed E-state index contributed by atoms with van der Waals surface area (Å²) in [5.41, 5.74) is 0.944. The molecule has 3 aliphatic heterocycles. The number of carbonyl (C=O) groups is 1. The average molecular weight is 683 g/mol. The SMILES string of the molecule is C[C@@H]1CN(c2cc(F)c(C3=CCN(Cc4ccc(N5CCOCC5)cc4)CC3)cc2NC(=O)c2c[nH]c(=O)cc2C(F)(F)F)C[C@H](C)N1C. The van der Waals surface area contributed by atoms with Crippen LogP contribution in [0.1, 0.15) is 47.3 Å². The number of halogens is 4. The minimum Gasteiger partial charge on any atom is -0.378 e. The molecule has 0 spiro atoms. The second-order valence-electron chi connectivity index (χ2n) is 13.2. The normalized spacial score (nSPS) is 21.1. The zero-order valence-corrected chi connectivity index (χ0v) is 27.9. The van der Waals surface area contributed by atoms with Gasteiger partial charge in [0.05, 0.1) is 35.7 Å². The second kappa shape index (κ2) is 14.3. The largest absolute Gasteiger partial charge is 0.417 e. The van der Waals surface area contributed by atoms with E-state index in [2.05, 4.69) is 49.3 Å². The number of anilines is 3. The molecule has 6 rings (SSSR count). The van der Waals surface area contributed by atoms with Gasteiger partial charge in [-0.25, -0.2) is 4.39 Å². The predicted octanol–water partition coefficient (Wildman–Crippen LogP) is 5.44. The van der Waals surface area contributed by atoms with E-state index in [9.17, 15) is 22.8 Å². The first-order valence-corrected chi connectivity index (χ1v) is 16.6. The maximum absolute atomic E-state index is 16.0. The number of alkyl halides is 3. The Morgan fingerprint density at radius 1 is 1.00 bits per heavy atom. The van der Waals surface area contributed by atoms with Gasteiger partial charge in [0.1, 0.15) is 5.82 Å². The number of likely N-dealkylation sites (N-methyl/N-ethyl adjacent to an activating group) is 1. The molecule has 0 bridgehead atoms. The lowest BCUT2D eigenvalue weighted by molar-refractivity contribution is -0.138. The van der Waals surface area contributed by atoms with Crippen LogP contribution in [-0.2, 0) is 17.5 Å². The summed E-state index contributed by atoms with van der Waals surface area (Å²) >= 11 is 0. The Balaban J connectivity index is 1.25. The molecule has 13 heteroatoms. The lowest BCUT2D eigenvalue weighted by Crippen LogP contribution is -2.55. The van der Waals surface area contributed by atoms with Crippen molar-refractivity contribution >= 4 is 28.5 Å². The molecule has 2 atom stereocenters. The number of H-pyrrole nitrogens is 1. The van der Waals surface area contributed by atoms with Crippen molar-refractivity contribution in [2.24, 2.45) is 0 Å². The number of morpholine rings is 1. The highest BCUT2D eigenvalue weighted by Gasteiger charge is 2.36. The number of nitrogens with zero attached hydrogens (tertiary/aromatic N) is 4. The number of rotatable bonds is 7. The molecule has 0 unspecified atom stereocenters. The van der Waals surface area contributed by atoms with Crippen LogP contribution in [0.4, 0.5) is 34.6 Å². The van der Waals surface area contributed by atoms with Crippen LogP contribution in [0.15, 0.2) is 59.5 Å². The Morgan fingerprint density at radius 3 is 2.33 bits per heavy atom. The number of nitrogens with one attached hydrogen (secondary N) is 2. The van der Waals surface area contributed by atoms with E-state index < -0.39 is 34.6 Å². The van der Waals surface area contributed by atoms with Crippen molar-refractivity contribution in [3.8, 4) is 0 Å². The van der Waals surface area contributed by atoms with Gasteiger partial charge >= 0.3 is 6.18 Å². The topological polar surface area (TPSA) is 84.1 Å². The van der Waals surface area contributed by atoms with E-state index in [0.29, 0.717) is 49.9 Å². The zero-order valence-electron chi connectivity index (χ0n) is 27.9. The van der Waals surface area contributed by atoms with Gasteiger partial charge in [-0.2, -0.15) is 13.2 Å². The summed E-state index contributed by atoms with van der Waals surface area (Å²) in [5, 5.41) is 2.64. The van der Waals surface area contributed by atoms with E-state index >= 15 is 4.39 Å². The van der Waals surface area contributed by atoms with Gasteiger partial charge in [0.25, 0.3) is 5.91 Å². The molecule has 2 saturated heterocycles. The van der Waals surface area contributed by atoms with Gasteiger partial charge in [0, 0.05) is 81.4 Å². The number of ether oxygens (including phenoxy) is 1. The van der Waals surface area contributed by atoms with Crippen molar-refractivity contribution < 1.29 is 27.1 Å². The fourth-order valence-corrected chi connectivity index (χ4v) is 6.85. The molecule has 1 amide bonds. The molecule has 2 N–H and O–H groups in total. The Bertz CT molecular complexity index is 1740. The van der Waals surface area contributed by atoms with Crippen molar-refractivity contribution in [2.75, 3.05) is 74.6 Å². The lowest BCUT2D eigenvalue weighted by Gasteiger charge is -2.44. The van der Waals surface area contributed by atoms with E-state index in [4.69, 9.17) is 4.74 Å². The number of hydrogen-bond acceptors (Lipinski definition) is 7. The Hall–Kier alpha value is -4.20. The summed E-state index contributed by atoms with van der Waals surface area (Å²) in [7, 11) is 2.01. The van der Waals surface area contributed by atoms with Crippen LogP contribution < -0.4 is 20.7 Å². The van der Waals surface area contributed by atoms with Gasteiger partial charge < -0.3 is 24.8 Å². The molecule has 2 aromatic carbocycles. The third-order valence-electron chi connectivity index (χ3n) is 9.87. The maximum Gasteiger partial charge on any atom is 0.417 e. The van der Waals surface area contributed by atoms with Crippen LogP contribution in [0.2, 0.25) is 0 Å². The average Bonchev–Trinajstić information content (AvgIpc) is 3.08. The highest BCUT2D eigenvalue weighted by molar-refractivity contribution is 6.07. The van der Waals surface area contributed by atoms with Crippen molar-refractivity contribution in [2.45, 2.75) is 45.1 Å². The first-order chi connectivity index (χ1) is 23.4. The quantitative estimate of drug-likeness (QED) is 0.322. The number of pyridine rings is 1. The van der Waals surface area contributed by atoms with Crippen molar-refractivity contribution in [1.82, 2.24) is 14.8 Å². The predicted molar refractivity (Wildman–Crippen MR) is 183 cm³/mol. The molecule has 2 fully saturated rings. The van der Waals surface area contributed by atoms with Crippen LogP contribution in [0.3, 0.4) is 0 Å². The molecular weight excluding hydrogens is 640 g/mol. The monoisotopic (exact) mass is 682 g/mol. The van der Waals surface area contributed by atoms with Crippen LogP contribution in [-0.4, -0.2) is 92.3 Å². The van der Waals surface area contributed by atoms with Crippen molar-refractivity contribution in [3.05, 3.63) is 93.2 Å². The van der Waals surface area contributed by atoms with Crippen LogP contribution in [0.5, 0.6) is 0 Å². The Labute approximate surface area is 283 Å². The maximum atomic E-state index is 16.0. The van der Waals surface area contributed by atoms with Crippen molar-refractivity contribution in [1.29, 1.82) is 0 Å². The number of aromatic amines is 1. The first-order valence-electron chi connectivity index (χ1n) is 16.6. The summed E-state index contributed by atoms with van der Waals surface area (Å²) in [6.45, 7) is 10.3. The molecule has 49 heavy (non-hydrogen) atoms. The van der Waals surface area contributed by atoms with E-state index in [1.807, 2.05) is 31.9 Å². The van der Waals surface area contributed by atoms with Crippen LogP contribution in [0.25, 0.3) is 5.57 Å². The zero-order chi connectivity index (χ0) is 34.9. The van der Waals surface area contributed by atoms with Gasteiger partial charge in [-0.05, 0) is 62.7 Å². The Morgan fingerprint density at radius 2 is 1.69 bits per heavy atom. The molecule has 0 radical (unpaired) electrons. The summed E-state index contributed by atoms with van der Waals surface area (Å²) in [6.07, 6.45) is -1.64. The molecule has 262 valence electrons. The lowest BCUT2D eigenvalue weighted by atomic mass is 9.96. The fourth-order valence-electron chi connectivity index (χ4n) is 6.85. The molecule has 3 aliphatic rings. The molecule has 3 aromatic rings. The minimum atomic E-state index is -4.93. The standard InChI is InChI=1S/C36H42F4N6O3/c1-23-20-46(21-24(2)43(23)3)33-18-31(37)28(16-32(33)42-35(48)29-19-41-34(47)17-30(29)36(38,39)40)26-8-10-44(11-9-26)22-25-4-6-27(7-5-25)45-12-14-49-15-13-45/h4-8,16-19,23-24H,9-15,20-22H2,1-3H3,(H,41,47)(H,42,48)/t23-,24+. The van der Waals surface area contributed by atoms with Gasteiger partial charge in [0.15, 0.2) is 0 Å². The number of benzene rings is 2. The summed E-state index contributed by atoms with van der Waals surface area (Å²) in [4.78, 5) is 36.0. The van der Waals surface area contributed by atoms with E-state index in [-0.39, 0.29) is 17.8 Å². The number of aromatic nitrogens is 1. The van der Waals surface area contributed by atoms with E-state index in [0.717, 1.165) is 44.6 Å². The molecule has 0 saturated carbocycles. The highest BCUT2D eigenvalue weighted by atomic mass is 19.4. The number of piperazine rings is 1. The number of hydrogen-bond donors (Lipinski definition) is 2. The van der Waals surface area contributed by atoms with Crippen molar-refractivity contribution in [3.63, 3.8) is 0 Å². The van der Waals surface area contributed by atoms with Crippen LogP contribution >= 0.6 is 0 Å². The van der Waals surface area contributed by atoms with Gasteiger partial charge in [-0.1, -0.05) is 18.2 Å². The summed E-state index contributed by atoms with van der Waals surface area (Å²) < 4.78 is 62.9. The Kier molecular flexibility index (Phi) is 10.1. The second-order valence-corrected chi connectivity index (χ2v) is 13.2. The van der Waals surface area contributed by atoms with Gasteiger partial charge in [-0.3, -0.25) is 19.4 Å². The third kappa shape index (κ3) is 7.84. The molecule has 9 nitrogen and oxygen atoms in total. The molecule has 4 heterocycles. The summed E-state index contributed by atoms with van der Waals surface area (Å²) in [6, 6.07) is 12.0. The van der Waals surface area contributed by atoms with E-state index in [1.54, 1.807) is 0 Å². The molecule has 1 aromatic heterocycles. The van der Waals surface area contributed by atoms with Gasteiger partial charge in [-0.15, -0.1) is 0 Å². The molecular formula is C36H42F4N6O3. The smallest absolute Gasteiger partial charge is 0.378 e. The van der Waals surface area contributed by atoms with E-state index in [1.165, 1.54) is 23.4 Å².